The van der Waals surface area contributed by atoms with Crippen molar-refractivity contribution in [3.63, 3.8) is 0 Å². The lowest BCUT2D eigenvalue weighted by Gasteiger charge is -2.38. The van der Waals surface area contributed by atoms with Crippen LogP contribution in [-0.2, 0) is 10.2 Å². The van der Waals surface area contributed by atoms with Gasteiger partial charge in [-0.15, -0.1) is 0 Å². The van der Waals surface area contributed by atoms with Crippen LogP contribution < -0.4 is 5.32 Å². The van der Waals surface area contributed by atoms with E-state index in [-0.39, 0.29) is 23.0 Å². The zero-order chi connectivity index (χ0) is 19.4. The number of nitro groups is 1. The summed E-state index contributed by atoms with van der Waals surface area (Å²) in [4.78, 5) is 23.1. The molecule has 0 saturated carbocycles. The number of non-ortho nitro benzene ring substituents is 1. The number of nitro benzene ring substituents is 1. The fourth-order valence-corrected chi connectivity index (χ4v) is 3.87. The second-order valence-electron chi connectivity index (χ2n) is 6.51. The molecule has 1 amide bonds. The first-order chi connectivity index (χ1) is 12.9. The van der Waals surface area contributed by atoms with Crippen LogP contribution in [0.15, 0.2) is 42.5 Å². The van der Waals surface area contributed by atoms with Crippen molar-refractivity contribution in [3.8, 4) is 0 Å². The van der Waals surface area contributed by atoms with Gasteiger partial charge >= 0.3 is 0 Å². The van der Waals surface area contributed by atoms with Crippen molar-refractivity contribution in [2.24, 2.45) is 0 Å². The second kappa shape index (κ2) is 8.30. The van der Waals surface area contributed by atoms with Crippen LogP contribution in [0.1, 0.15) is 28.8 Å². The molecule has 0 bridgehead atoms. The lowest BCUT2D eigenvalue weighted by Crippen LogP contribution is -2.44. The SMILES string of the molecule is O=C(NCC1(c2cccc(F)c2)CCOCC1)c1cc([N+](=O)[O-])ccc1I. The summed E-state index contributed by atoms with van der Waals surface area (Å²) in [7, 11) is 0. The molecule has 3 rings (SSSR count). The van der Waals surface area contributed by atoms with Gasteiger partial charge in [0.25, 0.3) is 11.6 Å². The van der Waals surface area contributed by atoms with Gasteiger partial charge in [-0.05, 0) is 59.2 Å². The van der Waals surface area contributed by atoms with Gasteiger partial charge in [0.15, 0.2) is 0 Å². The Bertz CT molecular complexity index is 869. The van der Waals surface area contributed by atoms with E-state index in [2.05, 4.69) is 5.32 Å². The van der Waals surface area contributed by atoms with E-state index in [9.17, 15) is 19.3 Å². The number of benzene rings is 2. The largest absolute Gasteiger partial charge is 0.381 e. The highest BCUT2D eigenvalue weighted by molar-refractivity contribution is 14.1. The summed E-state index contributed by atoms with van der Waals surface area (Å²) in [6, 6.07) is 10.6. The van der Waals surface area contributed by atoms with E-state index in [1.807, 2.05) is 28.7 Å². The molecule has 1 fully saturated rings. The molecule has 0 spiro atoms. The highest BCUT2D eigenvalue weighted by atomic mass is 127. The Balaban J connectivity index is 1.83. The van der Waals surface area contributed by atoms with Crippen LogP contribution in [0.5, 0.6) is 0 Å². The maximum absolute atomic E-state index is 13.7. The average molecular weight is 484 g/mol. The molecule has 0 aromatic heterocycles. The zero-order valence-electron chi connectivity index (χ0n) is 14.4. The lowest BCUT2D eigenvalue weighted by molar-refractivity contribution is -0.384. The Morgan fingerprint density at radius 3 is 2.67 bits per heavy atom. The van der Waals surface area contributed by atoms with Gasteiger partial charge in [-0.25, -0.2) is 4.39 Å². The van der Waals surface area contributed by atoms with Crippen LogP contribution >= 0.6 is 22.6 Å². The molecule has 0 atom stereocenters. The van der Waals surface area contributed by atoms with Gasteiger partial charge in [0, 0.05) is 40.9 Å². The van der Waals surface area contributed by atoms with Gasteiger partial charge in [0.1, 0.15) is 5.82 Å². The molecule has 1 aliphatic heterocycles. The summed E-state index contributed by atoms with van der Waals surface area (Å²) in [5.74, 6) is -0.705. The second-order valence-corrected chi connectivity index (χ2v) is 7.67. The van der Waals surface area contributed by atoms with Gasteiger partial charge in [0.2, 0.25) is 0 Å². The molecular formula is C19H18FIN2O4. The fourth-order valence-electron chi connectivity index (χ4n) is 3.29. The summed E-state index contributed by atoms with van der Waals surface area (Å²) in [6.45, 7) is 1.36. The Morgan fingerprint density at radius 2 is 2.00 bits per heavy atom. The number of nitrogens with one attached hydrogen (secondary N) is 1. The number of hydrogen-bond donors (Lipinski definition) is 1. The molecule has 0 radical (unpaired) electrons. The molecule has 1 saturated heterocycles. The molecule has 1 aliphatic rings. The minimum absolute atomic E-state index is 0.133. The number of carbonyl (C=O) groups excluding carboxylic acids is 1. The minimum atomic E-state index is -0.528. The van der Waals surface area contributed by atoms with E-state index < -0.39 is 10.3 Å². The number of ether oxygens (including phenoxy) is 1. The van der Waals surface area contributed by atoms with Crippen molar-refractivity contribution in [2.45, 2.75) is 18.3 Å². The van der Waals surface area contributed by atoms with Crippen molar-refractivity contribution < 1.29 is 18.8 Å². The predicted molar refractivity (Wildman–Crippen MR) is 106 cm³/mol. The highest BCUT2D eigenvalue weighted by Crippen LogP contribution is 2.34. The predicted octanol–water partition coefficient (Wildman–Crippen LogP) is 3.82. The molecule has 0 aliphatic carbocycles. The highest BCUT2D eigenvalue weighted by Gasteiger charge is 2.35. The standard InChI is InChI=1S/C19H18FIN2O4/c20-14-3-1-2-13(10-14)19(6-8-27-9-7-19)12-22-18(24)16-11-15(23(25)26)4-5-17(16)21/h1-5,10-11H,6-9,12H2,(H,22,24). The Labute approximate surface area is 169 Å². The molecule has 2 aromatic carbocycles. The first-order valence-electron chi connectivity index (χ1n) is 8.47. The van der Waals surface area contributed by atoms with Gasteiger partial charge < -0.3 is 10.1 Å². The number of carbonyl (C=O) groups is 1. The first-order valence-corrected chi connectivity index (χ1v) is 9.55. The summed E-state index contributed by atoms with van der Waals surface area (Å²) in [5, 5.41) is 13.9. The Hall–Kier alpha value is -2.07. The third kappa shape index (κ3) is 4.44. The quantitative estimate of drug-likeness (QED) is 0.398. The number of hydrogen-bond acceptors (Lipinski definition) is 4. The van der Waals surface area contributed by atoms with Crippen LogP contribution in [0.25, 0.3) is 0 Å². The molecule has 6 nitrogen and oxygen atoms in total. The summed E-state index contributed by atoms with van der Waals surface area (Å²) < 4.78 is 19.8. The van der Waals surface area contributed by atoms with Crippen molar-refractivity contribution in [3.05, 3.63) is 73.1 Å². The molecule has 0 unspecified atom stereocenters. The van der Waals surface area contributed by atoms with E-state index in [0.29, 0.717) is 36.2 Å². The van der Waals surface area contributed by atoms with Gasteiger partial charge in [-0.3, -0.25) is 14.9 Å². The molecule has 1 N–H and O–H groups in total. The molecule has 142 valence electrons. The third-order valence-corrected chi connectivity index (χ3v) is 5.82. The molecule has 1 heterocycles. The van der Waals surface area contributed by atoms with Crippen molar-refractivity contribution >= 4 is 34.2 Å². The minimum Gasteiger partial charge on any atom is -0.381 e. The van der Waals surface area contributed by atoms with E-state index >= 15 is 0 Å². The van der Waals surface area contributed by atoms with Crippen molar-refractivity contribution in [2.75, 3.05) is 19.8 Å². The number of amides is 1. The summed E-state index contributed by atoms with van der Waals surface area (Å²) in [5.41, 5.74) is 0.514. The average Bonchev–Trinajstić information content (AvgIpc) is 2.67. The molecule has 27 heavy (non-hydrogen) atoms. The van der Waals surface area contributed by atoms with Crippen LogP contribution in [0.4, 0.5) is 10.1 Å². The maximum atomic E-state index is 13.7. The zero-order valence-corrected chi connectivity index (χ0v) is 16.6. The Morgan fingerprint density at radius 1 is 1.26 bits per heavy atom. The normalized spacial score (nSPS) is 15.9. The third-order valence-electron chi connectivity index (χ3n) is 4.88. The number of halogens is 2. The van der Waals surface area contributed by atoms with Gasteiger partial charge in [0.05, 0.1) is 10.5 Å². The fraction of sp³-hybridized carbons (Fsp3) is 0.316. The van der Waals surface area contributed by atoms with Gasteiger partial charge in [-0.2, -0.15) is 0 Å². The topological polar surface area (TPSA) is 81.5 Å². The Kier molecular flexibility index (Phi) is 6.05. The van der Waals surface area contributed by atoms with E-state index in [1.165, 1.54) is 24.3 Å². The van der Waals surface area contributed by atoms with Gasteiger partial charge in [-0.1, -0.05) is 12.1 Å². The smallest absolute Gasteiger partial charge is 0.270 e. The van der Waals surface area contributed by atoms with Crippen molar-refractivity contribution in [1.82, 2.24) is 5.32 Å². The molecule has 2 aromatic rings. The number of rotatable bonds is 5. The number of nitrogens with zero attached hydrogens (tertiary/aromatic N) is 1. The summed E-state index contributed by atoms with van der Waals surface area (Å²) >= 11 is 1.98. The molecule has 8 heteroatoms. The van der Waals surface area contributed by atoms with E-state index in [0.717, 1.165) is 5.56 Å². The maximum Gasteiger partial charge on any atom is 0.270 e. The monoisotopic (exact) mass is 484 g/mol. The van der Waals surface area contributed by atoms with Crippen LogP contribution in [-0.4, -0.2) is 30.6 Å². The lowest BCUT2D eigenvalue weighted by atomic mass is 9.74. The van der Waals surface area contributed by atoms with Crippen LogP contribution in [0.3, 0.4) is 0 Å². The van der Waals surface area contributed by atoms with E-state index in [1.54, 1.807) is 12.1 Å². The first kappa shape index (κ1) is 19.7. The van der Waals surface area contributed by atoms with E-state index in [4.69, 9.17) is 4.74 Å². The molecular weight excluding hydrogens is 466 g/mol. The summed E-state index contributed by atoms with van der Waals surface area (Å²) in [6.07, 6.45) is 1.31. The van der Waals surface area contributed by atoms with Crippen LogP contribution in [0.2, 0.25) is 0 Å². The van der Waals surface area contributed by atoms with Crippen molar-refractivity contribution in [1.29, 1.82) is 0 Å². The van der Waals surface area contributed by atoms with Crippen LogP contribution in [0, 0.1) is 19.5 Å².